The van der Waals surface area contributed by atoms with Gasteiger partial charge in [0.1, 0.15) is 5.54 Å². The normalized spacial score (nSPS) is 24.8. The van der Waals surface area contributed by atoms with Gasteiger partial charge in [0, 0.05) is 12.1 Å². The second kappa shape index (κ2) is 4.23. The first-order chi connectivity index (χ1) is 7.95. The molecule has 1 spiro atoms. The lowest BCUT2D eigenvalue weighted by Crippen LogP contribution is -2.57. The zero-order valence-corrected chi connectivity index (χ0v) is 12.0. The van der Waals surface area contributed by atoms with E-state index in [4.69, 9.17) is 12.2 Å². The summed E-state index contributed by atoms with van der Waals surface area (Å²) in [6, 6.07) is 0.525. The number of amides is 1. The first kappa shape index (κ1) is 12.8. The smallest absolute Gasteiger partial charge is 0.254 e. The van der Waals surface area contributed by atoms with Gasteiger partial charge >= 0.3 is 0 Å². The van der Waals surface area contributed by atoms with Crippen LogP contribution in [0.5, 0.6) is 0 Å². The van der Waals surface area contributed by atoms with Crippen molar-refractivity contribution in [2.45, 2.75) is 71.0 Å². The lowest BCUT2D eigenvalue weighted by atomic mass is 9.74. The molecule has 1 amide bonds. The summed E-state index contributed by atoms with van der Waals surface area (Å²) in [6.45, 7) is 8.40. The quantitative estimate of drug-likeness (QED) is 0.723. The molecule has 1 aliphatic heterocycles. The van der Waals surface area contributed by atoms with Crippen LogP contribution in [0, 0.1) is 0 Å². The second-order valence-corrected chi connectivity index (χ2v) is 5.93. The van der Waals surface area contributed by atoms with Crippen LogP contribution in [0.25, 0.3) is 0 Å². The molecule has 1 saturated heterocycles. The maximum absolute atomic E-state index is 12.6. The number of hydrogen-bond acceptors (Lipinski definition) is 2. The lowest BCUT2D eigenvalue weighted by molar-refractivity contribution is -0.139. The third kappa shape index (κ3) is 1.60. The Kier molecular flexibility index (Phi) is 3.19. The molecule has 0 aromatic carbocycles. The number of nitrogens with zero attached hydrogens (tertiary/aromatic N) is 2. The van der Waals surface area contributed by atoms with E-state index < -0.39 is 0 Å². The number of hydrogen-bond donors (Lipinski definition) is 0. The molecule has 1 saturated carbocycles. The SMILES string of the molecule is CCC(C)N1C(=S)N(C(C)C)C(=O)C12CCC2. The van der Waals surface area contributed by atoms with Crippen molar-refractivity contribution < 1.29 is 4.79 Å². The second-order valence-electron chi connectivity index (χ2n) is 5.56. The molecule has 2 aliphatic rings. The van der Waals surface area contributed by atoms with E-state index in [0.29, 0.717) is 6.04 Å². The molecule has 1 aliphatic carbocycles. The van der Waals surface area contributed by atoms with Crippen LogP contribution in [0.3, 0.4) is 0 Å². The predicted molar refractivity (Wildman–Crippen MR) is 72.8 cm³/mol. The molecular weight excluding hydrogens is 232 g/mol. The van der Waals surface area contributed by atoms with Gasteiger partial charge < -0.3 is 4.90 Å². The molecule has 0 radical (unpaired) electrons. The molecule has 0 bridgehead atoms. The minimum Gasteiger partial charge on any atom is -0.331 e. The molecule has 0 aromatic rings. The number of carbonyl (C=O) groups is 1. The average molecular weight is 254 g/mol. The summed E-state index contributed by atoms with van der Waals surface area (Å²) in [6.07, 6.45) is 4.12. The van der Waals surface area contributed by atoms with E-state index in [-0.39, 0.29) is 17.5 Å². The zero-order chi connectivity index (χ0) is 12.8. The van der Waals surface area contributed by atoms with Crippen molar-refractivity contribution in [2.75, 3.05) is 0 Å². The molecule has 1 atom stereocenters. The van der Waals surface area contributed by atoms with Gasteiger partial charge in [0.25, 0.3) is 5.91 Å². The van der Waals surface area contributed by atoms with E-state index >= 15 is 0 Å². The summed E-state index contributed by atoms with van der Waals surface area (Å²) in [5.41, 5.74) is -0.281. The number of carbonyl (C=O) groups excluding carboxylic acids is 1. The Hall–Kier alpha value is -0.640. The topological polar surface area (TPSA) is 23.6 Å². The Morgan fingerprint density at radius 2 is 1.94 bits per heavy atom. The van der Waals surface area contributed by atoms with Gasteiger partial charge in [0.15, 0.2) is 5.11 Å². The minimum absolute atomic E-state index is 0.168. The van der Waals surface area contributed by atoms with Crippen LogP contribution in [-0.2, 0) is 4.79 Å². The van der Waals surface area contributed by atoms with Crippen LogP contribution in [0.15, 0.2) is 0 Å². The van der Waals surface area contributed by atoms with E-state index in [1.54, 1.807) is 0 Å². The highest BCUT2D eigenvalue weighted by Crippen LogP contribution is 2.46. The molecule has 0 N–H and O–H groups in total. The Balaban J connectivity index is 2.37. The molecular formula is C13H22N2OS. The standard InChI is InChI=1S/C13H22N2OS/c1-5-10(4)15-12(17)14(9(2)3)11(16)13(15)7-6-8-13/h9-10H,5-8H2,1-4H3. The van der Waals surface area contributed by atoms with Gasteiger partial charge in [0.2, 0.25) is 0 Å². The van der Waals surface area contributed by atoms with Crippen LogP contribution >= 0.6 is 12.2 Å². The summed E-state index contributed by atoms with van der Waals surface area (Å²) in [4.78, 5) is 16.6. The highest BCUT2D eigenvalue weighted by atomic mass is 32.1. The fraction of sp³-hybridized carbons (Fsp3) is 0.846. The lowest BCUT2D eigenvalue weighted by Gasteiger charge is -2.45. The highest BCUT2D eigenvalue weighted by molar-refractivity contribution is 7.80. The maximum Gasteiger partial charge on any atom is 0.254 e. The summed E-state index contributed by atoms with van der Waals surface area (Å²) >= 11 is 5.54. The number of rotatable bonds is 3. The highest BCUT2D eigenvalue weighted by Gasteiger charge is 2.59. The van der Waals surface area contributed by atoms with E-state index in [1.807, 2.05) is 18.7 Å². The summed E-state index contributed by atoms with van der Waals surface area (Å²) in [7, 11) is 0. The van der Waals surface area contributed by atoms with Crippen molar-refractivity contribution in [2.24, 2.45) is 0 Å². The first-order valence-electron chi connectivity index (χ1n) is 6.62. The minimum atomic E-state index is -0.281. The van der Waals surface area contributed by atoms with Crippen LogP contribution in [0.2, 0.25) is 0 Å². The van der Waals surface area contributed by atoms with Gasteiger partial charge in [-0.05, 0) is 58.7 Å². The molecule has 4 heteroatoms. The van der Waals surface area contributed by atoms with E-state index in [2.05, 4.69) is 18.7 Å². The van der Waals surface area contributed by atoms with E-state index in [9.17, 15) is 4.79 Å². The molecule has 3 nitrogen and oxygen atoms in total. The zero-order valence-electron chi connectivity index (χ0n) is 11.2. The molecule has 17 heavy (non-hydrogen) atoms. The number of thiocarbonyl (C=S) groups is 1. The Labute approximate surface area is 109 Å². The molecule has 2 fully saturated rings. The third-order valence-corrected chi connectivity index (χ3v) is 4.61. The average Bonchev–Trinajstić information content (AvgIpc) is 2.44. The van der Waals surface area contributed by atoms with Gasteiger partial charge in [-0.25, -0.2) is 0 Å². The first-order valence-corrected chi connectivity index (χ1v) is 7.03. The van der Waals surface area contributed by atoms with Crippen molar-refractivity contribution in [3.05, 3.63) is 0 Å². The fourth-order valence-electron chi connectivity index (χ4n) is 2.93. The maximum atomic E-state index is 12.6. The third-order valence-electron chi connectivity index (χ3n) is 4.22. The van der Waals surface area contributed by atoms with Gasteiger partial charge in [-0.1, -0.05) is 6.92 Å². The van der Waals surface area contributed by atoms with Crippen LogP contribution in [0.4, 0.5) is 0 Å². The van der Waals surface area contributed by atoms with Crippen LogP contribution < -0.4 is 0 Å². The van der Waals surface area contributed by atoms with Crippen molar-refractivity contribution >= 4 is 23.2 Å². The monoisotopic (exact) mass is 254 g/mol. The predicted octanol–water partition coefficient (Wildman–Crippen LogP) is 2.55. The largest absolute Gasteiger partial charge is 0.331 e. The van der Waals surface area contributed by atoms with E-state index in [1.165, 1.54) is 0 Å². The van der Waals surface area contributed by atoms with Crippen LogP contribution in [-0.4, -0.2) is 38.4 Å². The van der Waals surface area contributed by atoms with Crippen molar-refractivity contribution in [3.63, 3.8) is 0 Å². The van der Waals surface area contributed by atoms with Gasteiger partial charge in [-0.15, -0.1) is 0 Å². The van der Waals surface area contributed by atoms with Gasteiger partial charge in [-0.2, -0.15) is 0 Å². The van der Waals surface area contributed by atoms with Crippen molar-refractivity contribution in [1.29, 1.82) is 0 Å². The molecule has 2 rings (SSSR count). The summed E-state index contributed by atoms with van der Waals surface area (Å²) in [5, 5.41) is 0.749. The van der Waals surface area contributed by atoms with Crippen molar-refractivity contribution in [1.82, 2.24) is 9.80 Å². The summed E-state index contributed by atoms with van der Waals surface area (Å²) in [5.74, 6) is 0.240. The van der Waals surface area contributed by atoms with Gasteiger partial charge in [0.05, 0.1) is 0 Å². The van der Waals surface area contributed by atoms with Crippen molar-refractivity contribution in [3.8, 4) is 0 Å². The fourth-order valence-corrected chi connectivity index (χ4v) is 3.58. The molecule has 96 valence electrons. The Bertz CT molecular complexity index is 349. The molecule has 1 heterocycles. The molecule has 0 aromatic heterocycles. The van der Waals surface area contributed by atoms with E-state index in [0.717, 1.165) is 30.8 Å². The summed E-state index contributed by atoms with van der Waals surface area (Å²) < 4.78 is 0. The van der Waals surface area contributed by atoms with Crippen LogP contribution in [0.1, 0.15) is 53.4 Å². The Morgan fingerprint density at radius 1 is 1.35 bits per heavy atom. The van der Waals surface area contributed by atoms with Gasteiger partial charge in [-0.3, -0.25) is 9.69 Å². The Morgan fingerprint density at radius 3 is 2.29 bits per heavy atom. The molecule has 1 unspecified atom stereocenters.